The molecule has 0 aromatic carbocycles. The highest BCUT2D eigenvalue weighted by Gasteiger charge is 2.33. The van der Waals surface area contributed by atoms with Crippen molar-refractivity contribution < 1.29 is 9.84 Å². The van der Waals surface area contributed by atoms with Crippen molar-refractivity contribution in [3.8, 4) is 0 Å². The molecule has 1 aliphatic heterocycles. The van der Waals surface area contributed by atoms with Crippen LogP contribution in [0.5, 0.6) is 0 Å². The normalized spacial score (nSPS) is 36.7. The van der Waals surface area contributed by atoms with Crippen LogP contribution in [0.1, 0.15) is 13.3 Å². The Morgan fingerprint density at radius 1 is 1.82 bits per heavy atom. The molecule has 1 rings (SSSR count). The van der Waals surface area contributed by atoms with Gasteiger partial charge < -0.3 is 9.84 Å². The number of aliphatic hydroxyl groups excluding tert-OH is 1. The van der Waals surface area contributed by atoms with E-state index in [9.17, 15) is 5.11 Å². The zero-order valence-corrected chi connectivity index (χ0v) is 6.34. The third-order valence-electron chi connectivity index (χ3n) is 1.84. The second kappa shape index (κ2) is 3.57. The Hall–Kier alpha value is -0.770. The molecule has 5 heteroatoms. The number of aliphatic hydroxyl groups is 1. The van der Waals surface area contributed by atoms with Gasteiger partial charge in [0.1, 0.15) is 0 Å². The first kappa shape index (κ1) is 8.33. The summed E-state index contributed by atoms with van der Waals surface area (Å²) in [6.45, 7) is 2.21. The second-order valence-corrected chi connectivity index (χ2v) is 2.54. The van der Waals surface area contributed by atoms with Gasteiger partial charge in [-0.25, -0.2) is 0 Å². The van der Waals surface area contributed by atoms with Gasteiger partial charge in [0.05, 0.1) is 24.9 Å². The van der Waals surface area contributed by atoms with E-state index < -0.39 is 12.1 Å². The van der Waals surface area contributed by atoms with Gasteiger partial charge in [0.2, 0.25) is 0 Å². The largest absolute Gasteiger partial charge is 0.390 e. The minimum absolute atomic E-state index is 0.110. The van der Waals surface area contributed by atoms with Crippen LogP contribution in [0.15, 0.2) is 5.11 Å². The van der Waals surface area contributed by atoms with E-state index in [-0.39, 0.29) is 12.7 Å². The molecule has 3 atom stereocenters. The number of nitrogens with zero attached hydrogens (tertiary/aromatic N) is 3. The monoisotopic (exact) mass is 157 g/mol. The first-order valence-corrected chi connectivity index (χ1v) is 3.63. The van der Waals surface area contributed by atoms with E-state index in [2.05, 4.69) is 10.0 Å². The summed E-state index contributed by atoms with van der Waals surface area (Å²) in [5.74, 6) is 0. The first-order valence-electron chi connectivity index (χ1n) is 3.63. The lowest BCUT2D eigenvalue weighted by atomic mass is 10.1. The van der Waals surface area contributed by atoms with Crippen molar-refractivity contribution in [3.05, 3.63) is 10.4 Å². The van der Waals surface area contributed by atoms with Gasteiger partial charge in [0.25, 0.3) is 0 Å². The van der Waals surface area contributed by atoms with E-state index in [1.165, 1.54) is 0 Å². The third-order valence-corrected chi connectivity index (χ3v) is 1.84. The molecule has 0 aliphatic carbocycles. The van der Waals surface area contributed by atoms with E-state index in [1.54, 1.807) is 0 Å². The molecular weight excluding hydrogens is 146 g/mol. The van der Waals surface area contributed by atoms with Crippen LogP contribution in [0, 0.1) is 0 Å². The summed E-state index contributed by atoms with van der Waals surface area (Å²) < 4.78 is 5.16. The summed E-state index contributed by atoms with van der Waals surface area (Å²) >= 11 is 0. The van der Waals surface area contributed by atoms with Crippen molar-refractivity contribution in [1.82, 2.24) is 0 Å². The Morgan fingerprint density at radius 3 is 3.09 bits per heavy atom. The van der Waals surface area contributed by atoms with Crippen LogP contribution in [0.2, 0.25) is 0 Å². The van der Waals surface area contributed by atoms with Crippen molar-refractivity contribution in [3.63, 3.8) is 0 Å². The minimum Gasteiger partial charge on any atom is -0.390 e. The molecule has 0 amide bonds. The molecule has 1 saturated heterocycles. The van der Waals surface area contributed by atoms with Crippen LogP contribution in [-0.4, -0.2) is 30.0 Å². The molecule has 0 radical (unpaired) electrons. The zero-order chi connectivity index (χ0) is 8.27. The van der Waals surface area contributed by atoms with Crippen LogP contribution in [-0.2, 0) is 4.74 Å². The lowest BCUT2D eigenvalue weighted by Gasteiger charge is -2.11. The minimum atomic E-state index is -0.629. The van der Waals surface area contributed by atoms with Gasteiger partial charge in [-0.2, -0.15) is 0 Å². The highest BCUT2D eigenvalue weighted by atomic mass is 16.5. The van der Waals surface area contributed by atoms with Crippen molar-refractivity contribution in [2.24, 2.45) is 5.11 Å². The molecule has 62 valence electrons. The Morgan fingerprint density at radius 2 is 2.55 bits per heavy atom. The summed E-state index contributed by atoms with van der Waals surface area (Å²) in [6, 6.07) is -0.398. The van der Waals surface area contributed by atoms with Crippen LogP contribution in [0.4, 0.5) is 0 Å². The standard InChI is InChI=1S/C6H11N3O2/c1-2-5-6(8-9-7)4(10)3-11-5/h4-6,10H,2-3H2,1H3/t4-,5+,6-/m0/s1. The van der Waals surface area contributed by atoms with Crippen molar-refractivity contribution in [1.29, 1.82) is 0 Å². The molecule has 0 bridgehead atoms. The molecule has 11 heavy (non-hydrogen) atoms. The van der Waals surface area contributed by atoms with Gasteiger partial charge in [0.15, 0.2) is 0 Å². The molecule has 0 unspecified atom stereocenters. The fourth-order valence-corrected chi connectivity index (χ4v) is 1.24. The van der Waals surface area contributed by atoms with Crippen LogP contribution >= 0.6 is 0 Å². The van der Waals surface area contributed by atoms with Gasteiger partial charge in [-0.3, -0.25) is 0 Å². The second-order valence-electron chi connectivity index (χ2n) is 2.54. The van der Waals surface area contributed by atoms with Gasteiger partial charge in [-0.05, 0) is 12.0 Å². The van der Waals surface area contributed by atoms with E-state index in [4.69, 9.17) is 10.3 Å². The van der Waals surface area contributed by atoms with E-state index in [1.807, 2.05) is 6.92 Å². The van der Waals surface area contributed by atoms with Gasteiger partial charge in [0, 0.05) is 4.91 Å². The summed E-state index contributed by atoms with van der Waals surface area (Å²) in [4.78, 5) is 2.65. The Balaban J connectivity index is 2.62. The van der Waals surface area contributed by atoms with Gasteiger partial charge in [-0.15, -0.1) is 0 Å². The Kier molecular flexibility index (Phi) is 2.70. The molecule has 0 aromatic heterocycles. The predicted molar refractivity (Wildman–Crippen MR) is 39.0 cm³/mol. The molecule has 5 nitrogen and oxygen atoms in total. The smallest absolute Gasteiger partial charge is 0.0917 e. The third kappa shape index (κ3) is 1.63. The van der Waals surface area contributed by atoms with E-state index >= 15 is 0 Å². The highest BCUT2D eigenvalue weighted by Crippen LogP contribution is 2.20. The van der Waals surface area contributed by atoms with Gasteiger partial charge in [-0.1, -0.05) is 12.0 Å². The SMILES string of the molecule is CC[C@H]1OC[C@H](O)[C@@H]1N=[N+]=[N-]. The average Bonchev–Trinajstić information content (AvgIpc) is 2.34. The van der Waals surface area contributed by atoms with Crippen LogP contribution in [0.3, 0.4) is 0 Å². The Labute approximate surface area is 64.6 Å². The van der Waals surface area contributed by atoms with E-state index in [0.29, 0.717) is 0 Å². The molecule has 1 N–H and O–H groups in total. The fraction of sp³-hybridized carbons (Fsp3) is 1.00. The fourth-order valence-electron chi connectivity index (χ4n) is 1.24. The van der Waals surface area contributed by atoms with Crippen LogP contribution < -0.4 is 0 Å². The molecule has 0 aromatic rings. The average molecular weight is 157 g/mol. The van der Waals surface area contributed by atoms with Crippen molar-refractivity contribution in [2.45, 2.75) is 31.6 Å². The zero-order valence-electron chi connectivity index (χ0n) is 6.34. The van der Waals surface area contributed by atoms with E-state index in [0.717, 1.165) is 6.42 Å². The molecule has 0 saturated carbocycles. The van der Waals surface area contributed by atoms with Gasteiger partial charge >= 0.3 is 0 Å². The summed E-state index contributed by atoms with van der Waals surface area (Å²) in [7, 11) is 0. The lowest BCUT2D eigenvalue weighted by molar-refractivity contribution is 0.0862. The maximum Gasteiger partial charge on any atom is 0.0917 e. The predicted octanol–water partition coefficient (Wildman–Crippen LogP) is 0.835. The van der Waals surface area contributed by atoms with Crippen LogP contribution in [0.25, 0.3) is 10.4 Å². The Bertz CT molecular complexity index is 179. The summed E-state index contributed by atoms with van der Waals surface area (Å²) in [5, 5.41) is 12.7. The number of hydrogen-bond donors (Lipinski definition) is 1. The number of azide groups is 1. The molecule has 1 heterocycles. The quantitative estimate of drug-likeness (QED) is 0.366. The van der Waals surface area contributed by atoms with Crippen molar-refractivity contribution >= 4 is 0 Å². The lowest BCUT2D eigenvalue weighted by Crippen LogP contribution is -2.27. The molecule has 0 spiro atoms. The number of rotatable bonds is 2. The topological polar surface area (TPSA) is 78.2 Å². The molecule has 1 fully saturated rings. The maximum atomic E-state index is 9.23. The highest BCUT2D eigenvalue weighted by molar-refractivity contribution is 4.88. The summed E-state index contributed by atoms with van der Waals surface area (Å²) in [5.41, 5.74) is 8.15. The number of ether oxygens (including phenoxy) is 1. The molecule has 1 aliphatic rings. The van der Waals surface area contributed by atoms with Crippen molar-refractivity contribution in [2.75, 3.05) is 6.61 Å². The number of hydrogen-bond acceptors (Lipinski definition) is 3. The summed E-state index contributed by atoms with van der Waals surface area (Å²) in [6.07, 6.45) is 0.0255. The molecular formula is C6H11N3O2. The maximum absolute atomic E-state index is 9.23. The first-order chi connectivity index (χ1) is 5.29.